The molecule has 5 heterocycles. The first-order valence-corrected chi connectivity index (χ1v) is 19.7. The van der Waals surface area contributed by atoms with Crippen molar-refractivity contribution in [2.45, 2.75) is 5.51 Å². The van der Waals surface area contributed by atoms with Gasteiger partial charge in [0.2, 0.25) is 11.4 Å². The third-order valence-electron chi connectivity index (χ3n) is 10.1. The summed E-state index contributed by atoms with van der Waals surface area (Å²) in [6.07, 6.45) is 11.1. The molecule has 4 aromatic carbocycles. The van der Waals surface area contributed by atoms with Gasteiger partial charge in [-0.2, -0.15) is 17.7 Å². The molecular weight excluding hydrogens is 758 g/mol. The highest BCUT2D eigenvalue weighted by molar-refractivity contribution is 7.86. The van der Waals surface area contributed by atoms with Crippen LogP contribution in [0.1, 0.15) is 33.5 Å². The molecule has 0 atom stereocenters. The highest BCUT2D eigenvalue weighted by atomic mass is 32.2. The van der Waals surface area contributed by atoms with Crippen molar-refractivity contribution in [1.29, 1.82) is 0 Å². The Kier molecular flexibility index (Phi) is 10.0. The number of rotatable bonds is 4. The summed E-state index contributed by atoms with van der Waals surface area (Å²) in [6.45, 7) is 0. The van der Waals surface area contributed by atoms with E-state index in [-0.39, 0.29) is 0 Å². The van der Waals surface area contributed by atoms with Crippen LogP contribution in [0.3, 0.4) is 0 Å². The molecule has 3 aliphatic rings. The molecule has 3 aliphatic heterocycles. The summed E-state index contributed by atoms with van der Waals surface area (Å²) in [5, 5.41) is 2.12. The maximum atomic E-state index is 10.7. The predicted molar refractivity (Wildman–Crippen MR) is 221 cm³/mol. The lowest BCUT2D eigenvalue weighted by Gasteiger charge is -2.12. The molecule has 0 spiro atoms. The molecular formula is C47H35F3N4O3S. The van der Waals surface area contributed by atoms with Crippen LogP contribution in [-0.2, 0) is 17.2 Å². The van der Waals surface area contributed by atoms with Crippen molar-refractivity contribution in [2.24, 2.45) is 12.0 Å². The van der Waals surface area contributed by atoms with Gasteiger partial charge in [-0.05, 0) is 52.6 Å². The number of aryl methyl sites for hydroxylation is 1. The zero-order valence-electron chi connectivity index (χ0n) is 31.3. The summed E-state index contributed by atoms with van der Waals surface area (Å²) in [5.41, 5.74) is 9.70. The third kappa shape index (κ3) is 7.29. The largest absolute Gasteiger partial charge is 0.741 e. The van der Waals surface area contributed by atoms with Crippen molar-refractivity contribution in [3.8, 4) is 0 Å². The van der Waals surface area contributed by atoms with Gasteiger partial charge < -0.3 is 14.1 Å². The van der Waals surface area contributed by atoms with Crippen LogP contribution < -0.4 is 10.7 Å². The number of halogens is 3. The number of nitrogens with one attached hydrogen (secondary N) is 1. The number of hydrogen-bond donors (Lipinski definition) is 1. The fourth-order valence-electron chi connectivity index (χ4n) is 7.48. The zero-order valence-corrected chi connectivity index (χ0v) is 32.1. The first-order chi connectivity index (χ1) is 27.9. The van der Waals surface area contributed by atoms with E-state index in [4.69, 9.17) is 18.0 Å². The lowest BCUT2D eigenvalue weighted by Crippen LogP contribution is -2.23. The van der Waals surface area contributed by atoms with Gasteiger partial charge in [0.1, 0.15) is 7.05 Å². The summed E-state index contributed by atoms with van der Waals surface area (Å²) in [4.78, 5) is 9.35. The van der Waals surface area contributed by atoms with Crippen LogP contribution in [0.5, 0.6) is 0 Å². The Hall–Kier alpha value is -6.82. The molecule has 9 rings (SSSR count). The smallest absolute Gasteiger partial charge is 0.485 e. The van der Waals surface area contributed by atoms with Crippen molar-refractivity contribution >= 4 is 43.8 Å². The van der Waals surface area contributed by atoms with Crippen LogP contribution in [0.2, 0.25) is 0 Å². The Morgan fingerprint density at radius 1 is 0.621 bits per heavy atom. The Morgan fingerprint density at radius 3 is 1.60 bits per heavy atom. The summed E-state index contributed by atoms with van der Waals surface area (Å²) < 4.78 is 63.5. The Labute approximate surface area is 333 Å². The predicted octanol–water partition coefficient (Wildman–Crippen LogP) is 7.70. The number of likely N-dealkylation sites (N-methyl/N-ethyl adjacent to an activating group) is 1. The van der Waals surface area contributed by atoms with Gasteiger partial charge in [0.15, 0.2) is 10.1 Å². The number of nitrogens with zero attached hydrogens (tertiary/aromatic N) is 3. The molecule has 0 radical (unpaired) electrons. The number of alkyl halides is 3. The summed E-state index contributed by atoms with van der Waals surface area (Å²) in [6, 6.07) is 49.4. The van der Waals surface area contributed by atoms with E-state index in [1.807, 2.05) is 0 Å². The number of aromatic nitrogens is 2. The number of benzene rings is 4. The van der Waals surface area contributed by atoms with Crippen LogP contribution in [0.4, 0.5) is 13.2 Å². The third-order valence-corrected chi connectivity index (χ3v) is 10.7. The molecule has 0 saturated heterocycles. The van der Waals surface area contributed by atoms with Crippen molar-refractivity contribution in [1.82, 2.24) is 9.55 Å². The van der Waals surface area contributed by atoms with E-state index in [0.29, 0.717) is 0 Å². The molecule has 8 bridgehead atoms. The van der Waals surface area contributed by atoms with Gasteiger partial charge >= 0.3 is 5.51 Å². The quantitative estimate of drug-likeness (QED) is 0.113. The molecule has 288 valence electrons. The first-order valence-electron chi connectivity index (χ1n) is 18.3. The average molecular weight is 793 g/mol. The zero-order chi connectivity index (χ0) is 40.6. The van der Waals surface area contributed by atoms with Crippen LogP contribution in [0.15, 0.2) is 186 Å². The van der Waals surface area contributed by atoms with Crippen molar-refractivity contribution in [2.75, 3.05) is 7.05 Å². The van der Waals surface area contributed by atoms with E-state index in [1.54, 1.807) is 0 Å². The first kappa shape index (κ1) is 38.1. The van der Waals surface area contributed by atoms with Gasteiger partial charge in [-0.25, -0.2) is 13.4 Å². The molecule has 6 aromatic rings. The van der Waals surface area contributed by atoms with E-state index in [2.05, 4.69) is 198 Å². The second-order valence-corrected chi connectivity index (χ2v) is 15.1. The fourth-order valence-corrected chi connectivity index (χ4v) is 7.48. The standard InChI is InChI=1S/C46H34N4.CHF3O3S/c1-49-30-35-29-42(49)46(34-21-13-6-14-22-34)39-26-25-38(48-39)45(33-19-11-5-12-20-33)41-28-27-40(50(41)2)44(32-17-9-4-10-18-32)37-24-23-36(47-37)43(35)31-15-7-3-8-16-31;2-1(3,4)8(5,6)7/h3-30H,1-2H3;(H,5,6,7). The number of H-pyrrole nitrogens is 1. The maximum absolute atomic E-state index is 10.7. The lowest BCUT2D eigenvalue weighted by molar-refractivity contribution is -0.431. The number of hydrogen-bond acceptors (Lipinski definition) is 4. The molecule has 1 N–H and O–H groups in total. The summed E-state index contributed by atoms with van der Waals surface area (Å²) in [7, 11) is -1.79. The van der Waals surface area contributed by atoms with Crippen molar-refractivity contribution in [3.63, 3.8) is 0 Å². The van der Waals surface area contributed by atoms with Crippen LogP contribution in [-0.4, -0.2) is 51.1 Å². The lowest BCUT2D eigenvalue weighted by atomic mass is 9.97. The number of allylic oxidation sites excluding steroid dienone is 5. The Bertz CT molecular complexity index is 2990. The highest BCUT2D eigenvalue weighted by Crippen LogP contribution is 2.36. The molecule has 0 unspecified atom stereocenters. The topological polar surface area (TPSA) is 93.3 Å². The van der Waals surface area contributed by atoms with Gasteiger partial charge in [-0.3, -0.25) is 0 Å². The number of aromatic amines is 1. The van der Waals surface area contributed by atoms with E-state index in [1.165, 1.54) is 0 Å². The minimum atomic E-state index is -6.09. The van der Waals surface area contributed by atoms with Crippen LogP contribution in [0.25, 0.3) is 22.3 Å². The van der Waals surface area contributed by atoms with E-state index >= 15 is 0 Å². The maximum Gasteiger partial charge on any atom is 0.485 e. The van der Waals surface area contributed by atoms with E-state index in [9.17, 15) is 13.2 Å². The molecule has 0 aliphatic carbocycles. The second kappa shape index (κ2) is 15.3. The van der Waals surface area contributed by atoms with Gasteiger partial charge in [0.05, 0.1) is 33.6 Å². The second-order valence-electron chi connectivity index (χ2n) is 13.8. The SMILES string of the molecule is Cn1cc2cc1C(c1ccccc1)=C1C=CC(=N1)C(c1ccccc1)=C1C=CC(=[N+]1C)C(c1ccccc1)=c1ccc([nH]1)=C2c1ccccc1.O=S(=O)([O-])C(F)(F)F. The highest BCUT2D eigenvalue weighted by Gasteiger charge is 2.37. The summed E-state index contributed by atoms with van der Waals surface area (Å²) in [5.74, 6) is 0. The minimum absolute atomic E-state index is 0.939. The van der Waals surface area contributed by atoms with E-state index in [0.717, 1.165) is 89.3 Å². The normalized spacial score (nSPS) is 15.2. The summed E-state index contributed by atoms with van der Waals surface area (Å²) >= 11 is 0. The number of aliphatic imine (C=N–C) groups is 1. The Balaban J connectivity index is 0.000000534. The molecule has 0 saturated carbocycles. The number of fused-ring (bicyclic) bond motifs is 6. The average Bonchev–Trinajstić information content (AvgIpc) is 4.04. The van der Waals surface area contributed by atoms with Gasteiger partial charge in [0.25, 0.3) is 0 Å². The molecule has 7 nitrogen and oxygen atoms in total. The fraction of sp³-hybridized carbons (Fsp3) is 0.0638. The minimum Gasteiger partial charge on any atom is -0.741 e. The monoisotopic (exact) mass is 792 g/mol. The van der Waals surface area contributed by atoms with Crippen LogP contribution >= 0.6 is 0 Å². The molecule has 0 amide bonds. The van der Waals surface area contributed by atoms with Gasteiger partial charge in [-0.1, -0.05) is 121 Å². The van der Waals surface area contributed by atoms with Crippen LogP contribution in [0, 0.1) is 0 Å². The van der Waals surface area contributed by atoms with Gasteiger partial charge in [0, 0.05) is 47.5 Å². The molecule has 58 heavy (non-hydrogen) atoms. The molecule has 2 aromatic heterocycles. The molecule has 0 fully saturated rings. The van der Waals surface area contributed by atoms with Crippen molar-refractivity contribution < 1.29 is 30.7 Å². The Morgan fingerprint density at radius 2 is 1.09 bits per heavy atom. The van der Waals surface area contributed by atoms with E-state index < -0.39 is 15.6 Å². The van der Waals surface area contributed by atoms with Crippen molar-refractivity contribution in [3.05, 3.63) is 226 Å². The molecule has 11 heteroatoms. The van der Waals surface area contributed by atoms with Gasteiger partial charge in [-0.15, -0.1) is 0 Å².